The lowest BCUT2D eigenvalue weighted by Crippen LogP contribution is -2.41. The van der Waals surface area contributed by atoms with Gasteiger partial charge in [-0.2, -0.15) is 0 Å². The number of nitro benzene ring substituents is 1. The molecule has 11 nitrogen and oxygen atoms in total. The molecule has 26 heavy (non-hydrogen) atoms. The van der Waals surface area contributed by atoms with Gasteiger partial charge in [-0.15, -0.1) is 0 Å². The van der Waals surface area contributed by atoms with Crippen LogP contribution < -0.4 is 0 Å². The predicted molar refractivity (Wildman–Crippen MR) is 84.5 cm³/mol. The van der Waals surface area contributed by atoms with Crippen molar-refractivity contribution in [3.05, 3.63) is 45.2 Å². The first-order valence-electron chi connectivity index (χ1n) is 7.10. The number of nitro groups is 1. The van der Waals surface area contributed by atoms with Gasteiger partial charge in [-0.25, -0.2) is 4.79 Å². The number of nitrogens with zero attached hydrogens (tertiary/aromatic N) is 2. The Morgan fingerprint density at radius 1 is 1.12 bits per heavy atom. The first kappa shape index (κ1) is 20.5. The number of carbonyl (C=O) groups excluding carboxylic acids is 3. The van der Waals surface area contributed by atoms with Gasteiger partial charge in [0.15, 0.2) is 0 Å². The van der Waals surface area contributed by atoms with Gasteiger partial charge in [-0.1, -0.05) is 18.2 Å². The van der Waals surface area contributed by atoms with Gasteiger partial charge in [0.2, 0.25) is 0 Å². The first-order chi connectivity index (χ1) is 12.2. The maximum Gasteiger partial charge on any atom is 0.405 e. The average Bonchev–Trinajstić information content (AvgIpc) is 2.59. The fourth-order valence-electron chi connectivity index (χ4n) is 2.49. The van der Waals surface area contributed by atoms with Crippen LogP contribution in [0.5, 0.6) is 0 Å². The third-order valence-corrected chi connectivity index (χ3v) is 3.59. The first-order valence-corrected chi connectivity index (χ1v) is 7.10. The molecular formula is C15H16N2O9. The van der Waals surface area contributed by atoms with Gasteiger partial charge in [0.05, 0.1) is 19.1 Å². The molecule has 0 heterocycles. The van der Waals surface area contributed by atoms with Crippen molar-refractivity contribution in [2.45, 2.75) is 12.8 Å². The Kier molecular flexibility index (Phi) is 6.76. The van der Waals surface area contributed by atoms with E-state index in [1.807, 2.05) is 0 Å². The molecule has 0 spiro atoms. The van der Waals surface area contributed by atoms with Crippen LogP contribution in [-0.2, 0) is 23.9 Å². The van der Waals surface area contributed by atoms with Crippen LogP contribution in [0.4, 0.5) is 5.69 Å². The Morgan fingerprint density at radius 3 is 2.12 bits per heavy atom. The molecule has 1 N–H and O–H groups in total. The van der Waals surface area contributed by atoms with Crippen molar-refractivity contribution in [1.82, 2.24) is 0 Å². The zero-order valence-corrected chi connectivity index (χ0v) is 14.1. The topological polar surface area (TPSA) is 159 Å². The fourth-order valence-corrected chi connectivity index (χ4v) is 2.49. The number of ether oxygens (including phenoxy) is 2. The van der Waals surface area contributed by atoms with Crippen molar-refractivity contribution in [2.24, 2.45) is 5.92 Å². The number of benzene rings is 1. The van der Waals surface area contributed by atoms with E-state index in [1.165, 1.54) is 12.1 Å². The molecule has 0 aliphatic carbocycles. The molecule has 2 atom stereocenters. The molecule has 0 radical (unpaired) electrons. The number of rotatable bonds is 7. The molecule has 11 heteroatoms. The van der Waals surface area contributed by atoms with Crippen LogP contribution in [0.15, 0.2) is 24.3 Å². The molecule has 0 amide bonds. The quantitative estimate of drug-likeness (QED) is 0.138. The number of methoxy groups -OCH3 is 2. The van der Waals surface area contributed by atoms with E-state index in [0.29, 0.717) is 0 Å². The average molecular weight is 368 g/mol. The number of hydrogen-bond acceptors (Lipinski definition) is 9. The van der Waals surface area contributed by atoms with E-state index in [0.717, 1.165) is 33.3 Å². The summed E-state index contributed by atoms with van der Waals surface area (Å²) in [5.74, 6) is -6.98. The normalized spacial score (nSPS) is 13.8. The van der Waals surface area contributed by atoms with Crippen molar-refractivity contribution < 1.29 is 38.9 Å². The summed E-state index contributed by atoms with van der Waals surface area (Å²) in [6.07, 6.45) is 0. The minimum atomic E-state index is -1.81. The second-order valence-electron chi connectivity index (χ2n) is 5.05. The Hall–Kier alpha value is -3.50. The summed E-state index contributed by atoms with van der Waals surface area (Å²) >= 11 is 0. The third-order valence-electron chi connectivity index (χ3n) is 3.59. The Labute approximate surface area is 147 Å². The molecule has 1 aromatic rings. The zero-order chi connectivity index (χ0) is 20.0. The van der Waals surface area contributed by atoms with Gasteiger partial charge in [-0.05, 0) is 6.92 Å². The van der Waals surface area contributed by atoms with Crippen molar-refractivity contribution in [2.75, 3.05) is 14.2 Å². The van der Waals surface area contributed by atoms with Gasteiger partial charge < -0.3 is 14.7 Å². The smallest absolute Gasteiger partial charge is 0.405 e. The van der Waals surface area contributed by atoms with Crippen LogP contribution in [0.25, 0.3) is 0 Å². The number of ketones is 1. The molecular weight excluding hydrogens is 352 g/mol. The van der Waals surface area contributed by atoms with Crippen molar-refractivity contribution >= 4 is 29.1 Å². The lowest BCUT2D eigenvalue weighted by Gasteiger charge is -2.21. The van der Waals surface area contributed by atoms with Crippen molar-refractivity contribution in [3.63, 3.8) is 0 Å². The Balaban J connectivity index is 3.87. The minimum absolute atomic E-state index is 0.321. The van der Waals surface area contributed by atoms with Gasteiger partial charge >= 0.3 is 17.7 Å². The highest BCUT2D eigenvalue weighted by molar-refractivity contribution is 6.37. The lowest BCUT2D eigenvalue weighted by molar-refractivity contribution is -0.726. The number of hydrogen-bond donors (Lipinski definition) is 1. The van der Waals surface area contributed by atoms with Gasteiger partial charge in [0.1, 0.15) is 17.6 Å². The summed E-state index contributed by atoms with van der Waals surface area (Å²) in [4.78, 5) is 45.8. The van der Waals surface area contributed by atoms with E-state index in [-0.39, 0.29) is 5.56 Å². The highest BCUT2D eigenvalue weighted by atomic mass is 16.8. The zero-order valence-electron chi connectivity index (χ0n) is 14.1. The molecule has 1 rings (SSSR count). The number of carbonyl (C=O) groups is 3. The largest absolute Gasteiger partial charge is 0.468 e. The molecule has 0 saturated carbocycles. The van der Waals surface area contributed by atoms with Gasteiger partial charge in [0.25, 0.3) is 5.69 Å². The molecule has 0 aromatic heterocycles. The molecule has 0 bridgehead atoms. The van der Waals surface area contributed by atoms with Crippen molar-refractivity contribution in [3.8, 4) is 0 Å². The maximum absolute atomic E-state index is 12.1. The Bertz CT molecular complexity index is 768. The minimum Gasteiger partial charge on any atom is -0.468 e. The number of Topliss-reactive ketones (excluding diaryl/α,β-unsaturated/α-hetero) is 1. The van der Waals surface area contributed by atoms with Crippen LogP contribution >= 0.6 is 0 Å². The van der Waals surface area contributed by atoms with Crippen LogP contribution in [-0.4, -0.2) is 52.7 Å². The van der Waals surface area contributed by atoms with Gasteiger partial charge in [0, 0.05) is 16.5 Å². The molecule has 140 valence electrons. The molecule has 1 aromatic carbocycles. The van der Waals surface area contributed by atoms with Crippen LogP contribution in [0, 0.1) is 21.2 Å². The third kappa shape index (κ3) is 4.12. The molecule has 0 saturated heterocycles. The summed E-state index contributed by atoms with van der Waals surface area (Å²) in [6, 6.07) is 4.85. The summed E-state index contributed by atoms with van der Waals surface area (Å²) in [6.45, 7) is 0.977. The van der Waals surface area contributed by atoms with Crippen LogP contribution in [0.1, 0.15) is 18.4 Å². The predicted octanol–water partition coefficient (Wildman–Crippen LogP) is 0.570. The summed E-state index contributed by atoms with van der Waals surface area (Å²) in [5.41, 5.74) is -1.97. The van der Waals surface area contributed by atoms with Crippen molar-refractivity contribution in [1.29, 1.82) is 0 Å². The van der Waals surface area contributed by atoms with Gasteiger partial charge in [-0.3, -0.25) is 24.9 Å². The highest BCUT2D eigenvalue weighted by Gasteiger charge is 2.48. The van der Waals surface area contributed by atoms with Crippen LogP contribution in [0.2, 0.25) is 0 Å². The lowest BCUT2D eigenvalue weighted by atomic mass is 9.79. The number of esters is 2. The standard InChI is InChI=1S/C15H16N2O9/c1-8(18)11(14(19)25-2)12(13(17(23)24)15(20)26-3)9-6-4-5-7-10(9)16(21)22/h4-7,11-12H,1-3H3,(H,23,24). The van der Waals surface area contributed by atoms with E-state index < -0.39 is 50.8 Å². The monoisotopic (exact) mass is 368 g/mol. The van der Waals surface area contributed by atoms with Crippen LogP contribution in [0.3, 0.4) is 0 Å². The fraction of sp³-hybridized carbons (Fsp3) is 0.333. The molecule has 2 unspecified atom stereocenters. The highest BCUT2D eigenvalue weighted by Crippen LogP contribution is 2.34. The van der Waals surface area contributed by atoms with E-state index in [9.17, 15) is 34.9 Å². The summed E-state index contributed by atoms with van der Waals surface area (Å²) in [5, 5.41) is 32.3. The van der Waals surface area contributed by atoms with E-state index in [1.54, 1.807) is 0 Å². The molecule has 0 aliphatic heterocycles. The molecule has 0 fully saturated rings. The van der Waals surface area contributed by atoms with E-state index in [2.05, 4.69) is 9.47 Å². The molecule has 0 aliphatic rings. The second kappa shape index (κ2) is 8.55. The maximum atomic E-state index is 12.1. The number of para-hydroxylation sites is 1. The summed E-state index contributed by atoms with van der Waals surface area (Å²) in [7, 11) is 1.85. The summed E-state index contributed by atoms with van der Waals surface area (Å²) < 4.78 is 8.93. The second-order valence-corrected chi connectivity index (χ2v) is 5.05. The SMILES string of the molecule is COC(=O)C(C(c1ccccc1[N+](=O)[O-])C(C(C)=O)C(=O)OC)=[N+]([O-])O. The van der Waals surface area contributed by atoms with E-state index >= 15 is 0 Å². The Morgan fingerprint density at radius 2 is 1.69 bits per heavy atom. The van der Waals surface area contributed by atoms with E-state index in [4.69, 9.17) is 0 Å².